The van der Waals surface area contributed by atoms with Gasteiger partial charge in [-0.15, -0.1) is 0 Å². The van der Waals surface area contributed by atoms with Crippen molar-refractivity contribution in [2.75, 3.05) is 29.6 Å². The van der Waals surface area contributed by atoms with Gasteiger partial charge >= 0.3 is 24.2 Å². The van der Waals surface area contributed by atoms with Crippen molar-refractivity contribution in [3.63, 3.8) is 0 Å². The smallest absolute Gasteiger partial charge is 0.453 e. The Morgan fingerprint density at radius 3 is 1.32 bits per heavy atom. The van der Waals surface area contributed by atoms with E-state index in [9.17, 15) is 65.8 Å². The molecular weight excluding hydrogens is 891 g/mol. The number of hydrogen-bond acceptors (Lipinski definition) is 6. The number of unbranched alkanes of at least 4 members (excludes halogenated alkanes) is 9. The van der Waals surface area contributed by atoms with E-state index in [1.54, 1.807) is 12.1 Å². The Balaban J connectivity index is 1.52. The molecule has 3 aromatic rings. The number of sulfone groups is 2. The molecular formula is C45H56F10O6S2. The standard InChI is InChI=1S/C45H56F10O6S2/c46-42(47,44(50,51)52)28-15-33-62(57,58)31-13-6-4-2-1-3-5-11-19-40(35-17-9-7-10-18-35)41(36-20-24-38(56)25-21-36)37-22-26-39(27-23-37)61-30-12-8-14-32-63(59,60)34-16-29-43(48,49)45(53,54)55/h7,9-10,17-18,20-27,56H,1-6,8,11-16,19,28-34H2/b41-40+. The summed E-state index contributed by atoms with van der Waals surface area (Å²) in [5.74, 6) is -11.2. The number of hydrogen-bond donors (Lipinski definition) is 1. The maximum absolute atomic E-state index is 13.1. The Morgan fingerprint density at radius 1 is 0.460 bits per heavy atom. The summed E-state index contributed by atoms with van der Waals surface area (Å²) < 4.78 is 181. The zero-order chi connectivity index (χ0) is 46.8. The second-order valence-corrected chi connectivity index (χ2v) is 20.3. The number of halogens is 10. The summed E-state index contributed by atoms with van der Waals surface area (Å²) in [4.78, 5) is 0. The summed E-state index contributed by atoms with van der Waals surface area (Å²) in [7, 11) is -7.52. The molecule has 0 unspecified atom stereocenters. The summed E-state index contributed by atoms with van der Waals surface area (Å²) >= 11 is 0. The first-order valence-corrected chi connectivity index (χ1v) is 24.7. The highest BCUT2D eigenvalue weighted by molar-refractivity contribution is 7.91. The highest BCUT2D eigenvalue weighted by Crippen LogP contribution is 2.40. The fraction of sp³-hybridized carbons (Fsp3) is 0.556. The number of rotatable bonds is 29. The molecule has 354 valence electrons. The lowest BCUT2D eigenvalue weighted by atomic mass is 9.86. The number of phenolic OH excluding ortho intramolecular Hbond substituents is 1. The third-order valence-electron chi connectivity index (χ3n) is 10.4. The second-order valence-electron chi connectivity index (χ2n) is 15.7. The van der Waals surface area contributed by atoms with Crippen LogP contribution in [0.15, 0.2) is 78.9 Å². The highest BCUT2D eigenvalue weighted by Gasteiger charge is 2.57. The second kappa shape index (κ2) is 24.5. The number of benzene rings is 3. The summed E-state index contributed by atoms with van der Waals surface area (Å²) in [5.41, 5.74) is 4.84. The van der Waals surface area contributed by atoms with Gasteiger partial charge in [0.15, 0.2) is 0 Å². The van der Waals surface area contributed by atoms with Gasteiger partial charge < -0.3 is 9.84 Å². The van der Waals surface area contributed by atoms with E-state index in [0.717, 1.165) is 72.8 Å². The van der Waals surface area contributed by atoms with E-state index in [1.165, 1.54) is 0 Å². The Hall–Kier alpha value is -3.80. The van der Waals surface area contributed by atoms with Crippen LogP contribution >= 0.6 is 0 Å². The first-order chi connectivity index (χ1) is 29.4. The molecule has 0 bridgehead atoms. The molecule has 63 heavy (non-hydrogen) atoms. The lowest BCUT2D eigenvalue weighted by molar-refractivity contribution is -0.284. The van der Waals surface area contributed by atoms with Crippen LogP contribution in [0.3, 0.4) is 0 Å². The molecule has 0 heterocycles. The normalized spacial score (nSPS) is 13.6. The minimum atomic E-state index is -5.72. The number of aromatic hydroxyl groups is 1. The van der Waals surface area contributed by atoms with Crippen molar-refractivity contribution >= 4 is 30.8 Å². The van der Waals surface area contributed by atoms with Crippen molar-refractivity contribution in [1.29, 1.82) is 0 Å². The molecule has 0 atom stereocenters. The van der Waals surface area contributed by atoms with Gasteiger partial charge in [0, 0.05) is 12.8 Å². The van der Waals surface area contributed by atoms with Crippen molar-refractivity contribution in [2.24, 2.45) is 0 Å². The third-order valence-corrected chi connectivity index (χ3v) is 14.1. The van der Waals surface area contributed by atoms with Crippen LogP contribution < -0.4 is 4.74 Å². The Kier molecular flexibility index (Phi) is 20.8. The van der Waals surface area contributed by atoms with Crippen molar-refractivity contribution in [3.8, 4) is 11.5 Å². The van der Waals surface area contributed by atoms with Crippen LogP contribution in [0.1, 0.15) is 119 Å². The SMILES string of the molecule is O=S(=O)(CCCCCCCCCC/C(=C(/c1ccc(O)cc1)c1ccc(OCCCCCS(=O)(=O)CCCC(F)(F)C(F)(F)F)cc1)c1ccccc1)CCCC(F)(F)C(F)(F)F. The quantitative estimate of drug-likeness (QED) is 0.0423. The van der Waals surface area contributed by atoms with Crippen molar-refractivity contribution in [3.05, 3.63) is 95.6 Å². The average Bonchev–Trinajstić information content (AvgIpc) is 3.19. The van der Waals surface area contributed by atoms with Crippen LogP contribution in [-0.2, 0) is 19.7 Å². The maximum atomic E-state index is 13.1. The van der Waals surface area contributed by atoms with Gasteiger partial charge in [-0.3, -0.25) is 0 Å². The van der Waals surface area contributed by atoms with Gasteiger partial charge in [-0.1, -0.05) is 93.1 Å². The van der Waals surface area contributed by atoms with E-state index >= 15 is 0 Å². The van der Waals surface area contributed by atoms with E-state index < -0.39 is 81.1 Å². The highest BCUT2D eigenvalue weighted by atomic mass is 32.2. The van der Waals surface area contributed by atoms with E-state index in [2.05, 4.69) is 0 Å². The lowest BCUT2D eigenvalue weighted by Gasteiger charge is -2.19. The van der Waals surface area contributed by atoms with Gasteiger partial charge in [-0.2, -0.15) is 43.9 Å². The minimum absolute atomic E-state index is 0.111. The molecule has 0 aliphatic rings. The Bertz CT molecular complexity index is 2050. The molecule has 0 saturated heterocycles. The number of allylic oxidation sites excluding steroid dienone is 1. The van der Waals surface area contributed by atoms with Gasteiger partial charge in [0.2, 0.25) is 0 Å². The number of alkyl halides is 10. The van der Waals surface area contributed by atoms with Gasteiger partial charge in [-0.25, -0.2) is 16.8 Å². The van der Waals surface area contributed by atoms with Crippen molar-refractivity contribution in [1.82, 2.24) is 0 Å². The molecule has 3 rings (SSSR count). The molecule has 0 aromatic heterocycles. The topological polar surface area (TPSA) is 97.7 Å². The van der Waals surface area contributed by atoms with Gasteiger partial charge in [0.05, 0.1) is 29.6 Å². The summed E-state index contributed by atoms with van der Waals surface area (Å²) in [6, 6.07) is 24.3. The zero-order valence-corrected chi connectivity index (χ0v) is 36.6. The molecule has 0 aliphatic heterocycles. The molecule has 0 amide bonds. The van der Waals surface area contributed by atoms with E-state index in [1.807, 2.05) is 66.7 Å². The van der Waals surface area contributed by atoms with Crippen LogP contribution in [0.2, 0.25) is 0 Å². The summed E-state index contributed by atoms with van der Waals surface area (Å²) in [6.07, 6.45) is -8.13. The Morgan fingerprint density at radius 2 is 0.857 bits per heavy atom. The molecule has 6 nitrogen and oxygen atoms in total. The summed E-state index contributed by atoms with van der Waals surface area (Å²) in [6.45, 7) is 0.262. The van der Waals surface area contributed by atoms with Gasteiger partial charge in [0.25, 0.3) is 0 Å². The van der Waals surface area contributed by atoms with E-state index in [4.69, 9.17) is 4.74 Å². The fourth-order valence-corrected chi connectivity index (χ4v) is 9.77. The predicted molar refractivity (Wildman–Crippen MR) is 226 cm³/mol. The molecule has 1 N–H and O–H groups in total. The molecule has 0 radical (unpaired) electrons. The lowest BCUT2D eigenvalue weighted by Crippen LogP contribution is -2.36. The Labute approximate surface area is 364 Å². The molecule has 18 heteroatoms. The fourth-order valence-electron chi connectivity index (χ4n) is 6.91. The summed E-state index contributed by atoms with van der Waals surface area (Å²) in [5, 5.41) is 10.1. The predicted octanol–water partition coefficient (Wildman–Crippen LogP) is 13.2. The van der Waals surface area contributed by atoms with Gasteiger partial charge in [-0.05, 0) is 103 Å². The van der Waals surface area contributed by atoms with Crippen LogP contribution in [0.25, 0.3) is 11.1 Å². The van der Waals surface area contributed by atoms with Crippen LogP contribution in [0, 0.1) is 0 Å². The van der Waals surface area contributed by atoms with Crippen molar-refractivity contribution in [2.45, 2.75) is 127 Å². The minimum Gasteiger partial charge on any atom is -0.508 e. The molecule has 0 saturated carbocycles. The van der Waals surface area contributed by atoms with Crippen LogP contribution in [0.5, 0.6) is 11.5 Å². The third kappa shape index (κ3) is 19.1. The number of phenols is 1. The van der Waals surface area contributed by atoms with E-state index in [0.29, 0.717) is 31.4 Å². The van der Waals surface area contributed by atoms with E-state index in [-0.39, 0.29) is 30.3 Å². The molecule has 0 aliphatic carbocycles. The van der Waals surface area contributed by atoms with Crippen LogP contribution in [-0.4, -0.2) is 75.8 Å². The molecule has 3 aromatic carbocycles. The first-order valence-electron chi connectivity index (χ1n) is 21.0. The first kappa shape index (κ1) is 53.5. The largest absolute Gasteiger partial charge is 0.508 e. The van der Waals surface area contributed by atoms with Gasteiger partial charge in [0.1, 0.15) is 31.2 Å². The number of ether oxygens (including phenoxy) is 1. The molecule has 0 fully saturated rings. The monoisotopic (exact) mass is 946 g/mol. The van der Waals surface area contributed by atoms with Crippen LogP contribution in [0.4, 0.5) is 43.9 Å². The van der Waals surface area contributed by atoms with Crippen molar-refractivity contribution < 1.29 is 70.6 Å². The zero-order valence-electron chi connectivity index (χ0n) is 34.9. The molecule has 0 spiro atoms. The average molecular weight is 947 g/mol. The maximum Gasteiger partial charge on any atom is 0.453 e.